The number of carbonyl (C=O) groups excluding carboxylic acids is 3. The van der Waals surface area contributed by atoms with E-state index in [1.807, 2.05) is 30.3 Å². The van der Waals surface area contributed by atoms with Crippen LogP contribution >= 0.6 is 0 Å². The SMILES string of the molecule is O=C(NC1CCN(S(=O)(=O)C2CCCC2)CC1)C(=O)[C@H]1CCC(=O)N1Cc1ccccc1. The highest BCUT2D eigenvalue weighted by Crippen LogP contribution is 2.29. The zero-order valence-corrected chi connectivity index (χ0v) is 19.1. The van der Waals surface area contributed by atoms with Crippen LogP contribution in [0, 0.1) is 0 Å². The summed E-state index contributed by atoms with van der Waals surface area (Å²) in [5.74, 6) is -1.39. The van der Waals surface area contributed by atoms with Crippen molar-refractivity contribution in [1.82, 2.24) is 14.5 Å². The number of hydrogen-bond donors (Lipinski definition) is 1. The first-order valence-corrected chi connectivity index (χ1v) is 13.0. The third kappa shape index (κ3) is 4.88. The van der Waals surface area contributed by atoms with Crippen molar-refractivity contribution in [3.8, 4) is 0 Å². The predicted molar refractivity (Wildman–Crippen MR) is 119 cm³/mol. The van der Waals surface area contributed by atoms with Gasteiger partial charge in [-0.05, 0) is 37.7 Å². The second-order valence-corrected chi connectivity index (χ2v) is 11.2. The number of hydrogen-bond acceptors (Lipinski definition) is 5. The second kappa shape index (κ2) is 9.70. The molecule has 0 spiro atoms. The summed E-state index contributed by atoms with van der Waals surface area (Å²) in [6, 6.07) is 8.43. The molecule has 2 aliphatic heterocycles. The second-order valence-electron chi connectivity index (χ2n) is 9.02. The van der Waals surface area contributed by atoms with E-state index in [0.29, 0.717) is 38.9 Å². The number of benzene rings is 1. The first-order valence-electron chi connectivity index (χ1n) is 11.5. The summed E-state index contributed by atoms with van der Waals surface area (Å²) < 4.78 is 27.1. The van der Waals surface area contributed by atoms with Gasteiger partial charge >= 0.3 is 0 Å². The fourth-order valence-corrected chi connectivity index (χ4v) is 7.11. The van der Waals surface area contributed by atoms with E-state index in [1.165, 1.54) is 4.90 Å². The first-order chi connectivity index (χ1) is 15.4. The van der Waals surface area contributed by atoms with Crippen molar-refractivity contribution in [3.05, 3.63) is 35.9 Å². The zero-order chi connectivity index (χ0) is 22.7. The van der Waals surface area contributed by atoms with E-state index in [2.05, 4.69) is 5.32 Å². The maximum atomic E-state index is 12.9. The van der Waals surface area contributed by atoms with Crippen LogP contribution in [0.25, 0.3) is 0 Å². The predicted octanol–water partition coefficient (Wildman–Crippen LogP) is 1.60. The van der Waals surface area contributed by atoms with Crippen LogP contribution in [0.3, 0.4) is 0 Å². The molecule has 2 heterocycles. The Morgan fingerprint density at radius 3 is 2.28 bits per heavy atom. The molecule has 1 aromatic rings. The van der Waals surface area contributed by atoms with Crippen LogP contribution < -0.4 is 5.32 Å². The van der Waals surface area contributed by atoms with E-state index in [-0.39, 0.29) is 23.6 Å². The van der Waals surface area contributed by atoms with E-state index < -0.39 is 27.8 Å². The largest absolute Gasteiger partial charge is 0.347 e. The number of ketones is 1. The van der Waals surface area contributed by atoms with Gasteiger partial charge in [0.1, 0.15) is 6.04 Å². The number of amides is 2. The lowest BCUT2D eigenvalue weighted by atomic mass is 10.0. The Morgan fingerprint density at radius 1 is 0.969 bits per heavy atom. The molecule has 2 amide bonds. The van der Waals surface area contributed by atoms with Gasteiger partial charge < -0.3 is 10.2 Å². The van der Waals surface area contributed by atoms with Crippen LogP contribution in [-0.2, 0) is 31.0 Å². The van der Waals surface area contributed by atoms with Crippen molar-refractivity contribution in [1.29, 1.82) is 0 Å². The highest BCUT2D eigenvalue weighted by molar-refractivity contribution is 7.89. The Kier molecular flexibility index (Phi) is 6.95. The molecule has 0 bridgehead atoms. The molecule has 1 aromatic carbocycles. The number of likely N-dealkylation sites (tertiary alicyclic amines) is 1. The van der Waals surface area contributed by atoms with Gasteiger partial charge in [-0.1, -0.05) is 43.2 Å². The lowest BCUT2D eigenvalue weighted by Crippen LogP contribution is -2.52. The minimum Gasteiger partial charge on any atom is -0.347 e. The third-order valence-corrected chi connectivity index (χ3v) is 9.32. The van der Waals surface area contributed by atoms with E-state index >= 15 is 0 Å². The summed E-state index contributed by atoms with van der Waals surface area (Å²) >= 11 is 0. The van der Waals surface area contributed by atoms with E-state index in [0.717, 1.165) is 31.2 Å². The molecular formula is C23H31N3O5S. The van der Waals surface area contributed by atoms with E-state index in [1.54, 1.807) is 4.31 Å². The maximum Gasteiger partial charge on any atom is 0.289 e. The summed E-state index contributed by atoms with van der Waals surface area (Å²) in [6.07, 6.45) is 4.96. The topological polar surface area (TPSA) is 104 Å². The number of piperidine rings is 1. The molecule has 1 atom stereocenters. The molecule has 32 heavy (non-hydrogen) atoms. The molecule has 3 fully saturated rings. The molecule has 3 aliphatic rings. The number of sulfonamides is 1. The molecule has 9 heteroatoms. The summed E-state index contributed by atoms with van der Waals surface area (Å²) in [5.41, 5.74) is 0.914. The molecule has 1 saturated carbocycles. The van der Waals surface area contributed by atoms with Crippen LogP contribution in [0.15, 0.2) is 30.3 Å². The minimum absolute atomic E-state index is 0.120. The minimum atomic E-state index is -3.28. The number of carbonyl (C=O) groups is 3. The lowest BCUT2D eigenvalue weighted by Gasteiger charge is -2.33. The Balaban J connectivity index is 1.31. The summed E-state index contributed by atoms with van der Waals surface area (Å²) in [5, 5.41) is 2.52. The zero-order valence-electron chi connectivity index (χ0n) is 18.2. The highest BCUT2D eigenvalue weighted by atomic mass is 32.2. The Bertz CT molecular complexity index is 951. The van der Waals surface area contributed by atoms with Gasteiger partial charge in [0.2, 0.25) is 21.7 Å². The molecule has 0 unspecified atom stereocenters. The van der Waals surface area contributed by atoms with Gasteiger partial charge in [0.05, 0.1) is 5.25 Å². The normalized spacial score (nSPS) is 23.6. The van der Waals surface area contributed by atoms with Gasteiger partial charge in [0.25, 0.3) is 5.91 Å². The molecular weight excluding hydrogens is 430 g/mol. The Hall–Kier alpha value is -2.26. The van der Waals surface area contributed by atoms with Gasteiger partial charge in [0, 0.05) is 32.1 Å². The van der Waals surface area contributed by atoms with Crippen molar-refractivity contribution in [2.75, 3.05) is 13.1 Å². The van der Waals surface area contributed by atoms with Crippen LogP contribution in [0.1, 0.15) is 56.9 Å². The molecule has 4 rings (SSSR count). The fourth-order valence-electron chi connectivity index (χ4n) is 5.04. The fraction of sp³-hybridized carbons (Fsp3) is 0.609. The van der Waals surface area contributed by atoms with Gasteiger partial charge in [-0.15, -0.1) is 0 Å². The van der Waals surface area contributed by atoms with Crippen LogP contribution in [0.5, 0.6) is 0 Å². The lowest BCUT2D eigenvalue weighted by molar-refractivity contribution is -0.143. The van der Waals surface area contributed by atoms with Gasteiger partial charge in [-0.2, -0.15) is 0 Å². The van der Waals surface area contributed by atoms with Crippen LogP contribution in [0.4, 0.5) is 0 Å². The monoisotopic (exact) mass is 461 g/mol. The van der Waals surface area contributed by atoms with E-state index in [4.69, 9.17) is 0 Å². The molecule has 1 N–H and O–H groups in total. The van der Waals surface area contributed by atoms with Crippen LogP contribution in [0.2, 0.25) is 0 Å². The quantitative estimate of drug-likeness (QED) is 0.621. The molecule has 0 aromatic heterocycles. The Labute approximate surface area is 189 Å². The van der Waals surface area contributed by atoms with E-state index in [9.17, 15) is 22.8 Å². The molecule has 1 aliphatic carbocycles. The van der Waals surface area contributed by atoms with Gasteiger partial charge in [0.15, 0.2) is 0 Å². The average Bonchev–Trinajstić information content (AvgIpc) is 3.46. The number of nitrogens with one attached hydrogen (secondary N) is 1. The van der Waals surface area contributed by atoms with Gasteiger partial charge in [-0.25, -0.2) is 12.7 Å². The third-order valence-electron chi connectivity index (χ3n) is 6.92. The maximum absolute atomic E-state index is 12.9. The van der Waals surface area contributed by atoms with Crippen molar-refractivity contribution in [2.24, 2.45) is 0 Å². The van der Waals surface area contributed by atoms with Crippen molar-refractivity contribution in [2.45, 2.75) is 75.2 Å². The molecule has 0 radical (unpaired) electrons. The van der Waals surface area contributed by atoms with Crippen LogP contribution in [-0.4, -0.2) is 65.6 Å². The van der Waals surface area contributed by atoms with Crippen molar-refractivity contribution < 1.29 is 22.8 Å². The summed E-state index contributed by atoms with van der Waals surface area (Å²) in [4.78, 5) is 39.3. The van der Waals surface area contributed by atoms with Crippen molar-refractivity contribution in [3.63, 3.8) is 0 Å². The summed E-state index contributed by atoms with van der Waals surface area (Å²) in [7, 11) is -3.28. The summed E-state index contributed by atoms with van der Waals surface area (Å²) in [6.45, 7) is 1.03. The first kappa shape index (κ1) is 22.9. The highest BCUT2D eigenvalue weighted by Gasteiger charge is 2.40. The standard InChI is InChI=1S/C23H31N3O5S/c27-21-11-10-20(26(21)16-17-6-2-1-3-7-17)22(28)23(29)24-18-12-14-25(15-13-18)32(30,31)19-8-4-5-9-19/h1-3,6-7,18-20H,4-5,8-16H2,(H,24,29)/t20-/m1/s1. The molecule has 2 saturated heterocycles. The number of rotatable bonds is 7. The number of nitrogens with zero attached hydrogens (tertiary/aromatic N) is 2. The number of Topliss-reactive ketones (excluding diaryl/α,β-unsaturated/α-hetero) is 1. The molecule has 8 nitrogen and oxygen atoms in total. The van der Waals surface area contributed by atoms with Crippen molar-refractivity contribution >= 4 is 27.6 Å². The average molecular weight is 462 g/mol. The Morgan fingerprint density at radius 2 is 1.62 bits per heavy atom. The van der Waals surface area contributed by atoms with Gasteiger partial charge in [-0.3, -0.25) is 14.4 Å². The molecule has 174 valence electrons. The smallest absolute Gasteiger partial charge is 0.289 e.